The topological polar surface area (TPSA) is 131 Å². The van der Waals surface area contributed by atoms with Crippen LogP contribution in [0.15, 0.2) is 0 Å². The second kappa shape index (κ2) is 18.6. The second-order valence-electron chi connectivity index (χ2n) is 15.9. The number of carbonyl (C=O) groups is 4. The molecule has 3 N–H and O–H groups in total. The van der Waals surface area contributed by atoms with Gasteiger partial charge in [-0.2, -0.15) is 0 Å². The SMILES string of the molecule is C1CCOC1.CC(C)(C)NC(=O)C(C(=O)O)(C(C)(C)C)C(C)(C)C.COC(=O)C(C(=O)NC(C)C)(C(C)C)C(C)(C)C.[B].[H-].[Li+]. The minimum absolute atomic E-state index is 0. The van der Waals surface area contributed by atoms with Crippen LogP contribution in [-0.4, -0.2) is 69.2 Å². The Morgan fingerprint density at radius 1 is 0.750 bits per heavy atom. The van der Waals surface area contributed by atoms with E-state index in [4.69, 9.17) is 9.47 Å². The third-order valence-corrected chi connectivity index (χ3v) is 7.56. The molecule has 1 heterocycles. The summed E-state index contributed by atoms with van der Waals surface area (Å²) in [7, 11) is 1.33. The van der Waals surface area contributed by atoms with E-state index in [1.807, 2.05) is 69.2 Å². The van der Waals surface area contributed by atoms with Gasteiger partial charge in [0.05, 0.1) is 7.11 Å². The van der Waals surface area contributed by atoms with Crippen molar-refractivity contribution in [1.29, 1.82) is 0 Å². The van der Waals surface area contributed by atoms with Gasteiger partial charge in [-0.15, -0.1) is 0 Å². The smallest absolute Gasteiger partial charge is 1.00 e. The summed E-state index contributed by atoms with van der Waals surface area (Å²) in [5.74, 6) is -2.37. The van der Waals surface area contributed by atoms with Gasteiger partial charge < -0.3 is 26.6 Å². The Morgan fingerprint density at radius 3 is 1.32 bits per heavy atom. The van der Waals surface area contributed by atoms with Crippen LogP contribution in [-0.2, 0) is 28.7 Å². The van der Waals surface area contributed by atoms with E-state index in [1.165, 1.54) is 20.0 Å². The molecule has 1 rings (SSSR count). The number of hydrogen-bond acceptors (Lipinski definition) is 6. The Labute approximate surface area is 284 Å². The van der Waals surface area contributed by atoms with Crippen LogP contribution < -0.4 is 29.5 Å². The Balaban J connectivity index is -0.000000193. The maximum Gasteiger partial charge on any atom is 1.00 e. The molecule has 1 aliphatic rings. The predicted molar refractivity (Wildman–Crippen MR) is 176 cm³/mol. The zero-order valence-corrected chi connectivity index (χ0v) is 31.5. The molecular weight excluding hydrogens is 554 g/mol. The molecule has 9 nitrogen and oxygen atoms in total. The molecule has 0 bridgehead atoms. The van der Waals surface area contributed by atoms with Crippen molar-refractivity contribution in [2.45, 2.75) is 135 Å². The molecule has 0 aliphatic carbocycles. The Morgan fingerprint density at radius 2 is 1.14 bits per heavy atom. The van der Waals surface area contributed by atoms with E-state index in [-0.39, 0.29) is 46.6 Å². The number of carbonyl (C=O) groups excluding carboxylic acids is 3. The molecule has 44 heavy (non-hydrogen) atoms. The summed E-state index contributed by atoms with van der Waals surface area (Å²) in [4.78, 5) is 49.5. The van der Waals surface area contributed by atoms with Gasteiger partial charge in [0.15, 0.2) is 10.8 Å². The van der Waals surface area contributed by atoms with Crippen LogP contribution in [0, 0.1) is 33.0 Å². The molecule has 0 spiro atoms. The largest absolute Gasteiger partial charge is 1.00 e. The van der Waals surface area contributed by atoms with Gasteiger partial charge in [-0.3, -0.25) is 19.2 Å². The quantitative estimate of drug-likeness (QED) is 0.237. The average Bonchev–Trinajstić information content (AvgIpc) is 3.29. The number of ether oxygens (including phenoxy) is 2. The van der Waals surface area contributed by atoms with Crippen LogP contribution in [0.4, 0.5) is 0 Å². The van der Waals surface area contributed by atoms with E-state index in [0.717, 1.165) is 13.2 Å². The molecular formula is C33H65BLiN2O7. The number of hydrogen-bond donors (Lipinski definition) is 3. The molecule has 253 valence electrons. The van der Waals surface area contributed by atoms with Gasteiger partial charge in [0, 0.05) is 33.2 Å². The summed E-state index contributed by atoms with van der Waals surface area (Å²) in [5, 5.41) is 15.5. The van der Waals surface area contributed by atoms with Gasteiger partial charge in [-0.05, 0) is 69.6 Å². The third-order valence-electron chi connectivity index (χ3n) is 7.56. The number of methoxy groups -OCH3 is 1. The van der Waals surface area contributed by atoms with Gasteiger partial charge in [0.2, 0.25) is 11.8 Å². The van der Waals surface area contributed by atoms with Crippen molar-refractivity contribution in [1.82, 2.24) is 10.6 Å². The van der Waals surface area contributed by atoms with E-state index >= 15 is 0 Å². The summed E-state index contributed by atoms with van der Waals surface area (Å²) < 4.78 is 9.85. The first kappa shape index (κ1) is 49.4. The maximum absolute atomic E-state index is 12.7. The van der Waals surface area contributed by atoms with E-state index in [0.29, 0.717) is 0 Å². The van der Waals surface area contributed by atoms with Crippen molar-refractivity contribution < 1.29 is 54.0 Å². The van der Waals surface area contributed by atoms with Gasteiger partial charge >= 0.3 is 30.8 Å². The zero-order chi connectivity index (χ0) is 34.1. The monoisotopic (exact) mass is 620 g/mol. The first-order valence-electron chi connectivity index (χ1n) is 15.1. The first-order valence-corrected chi connectivity index (χ1v) is 15.1. The molecule has 0 saturated carbocycles. The summed E-state index contributed by atoms with van der Waals surface area (Å²) >= 11 is 0. The molecule has 2 amide bonds. The van der Waals surface area contributed by atoms with E-state index in [9.17, 15) is 24.3 Å². The van der Waals surface area contributed by atoms with Gasteiger partial charge in [0.25, 0.3) is 0 Å². The van der Waals surface area contributed by atoms with Crippen LogP contribution in [0.2, 0.25) is 0 Å². The van der Waals surface area contributed by atoms with Crippen LogP contribution in [0.5, 0.6) is 0 Å². The maximum atomic E-state index is 12.7. The fourth-order valence-electron chi connectivity index (χ4n) is 6.13. The molecule has 1 aliphatic heterocycles. The Bertz CT molecular complexity index is 892. The summed E-state index contributed by atoms with van der Waals surface area (Å²) in [6.45, 7) is 31.5. The molecule has 1 saturated heterocycles. The van der Waals surface area contributed by atoms with Crippen molar-refractivity contribution >= 4 is 32.2 Å². The molecule has 1 unspecified atom stereocenters. The number of nitrogens with one attached hydrogen (secondary N) is 2. The Kier molecular flexibility index (Phi) is 20.9. The van der Waals surface area contributed by atoms with Gasteiger partial charge in [-0.1, -0.05) is 76.2 Å². The first-order chi connectivity index (χ1) is 18.6. The van der Waals surface area contributed by atoms with Gasteiger partial charge in [-0.25, -0.2) is 0 Å². The summed E-state index contributed by atoms with van der Waals surface area (Å²) in [6, 6.07) is -0.0115. The molecule has 0 aromatic heterocycles. The number of aliphatic carboxylic acids is 1. The standard InChI is InChI=1S/C15H29NO3.C14H27NO3.C4H8O.B.Li.H/c1-12(2,3)15(11(18)19,13(4,5)6)10(17)16-14(7,8)9;1-9(2)14(12(17)18-8,13(5,6)7)11(16)15-10(3)4;1-2-4-5-3-1;;;/h1-9H3,(H,16,17)(H,18,19);9-10H,1-8H3,(H,15,16);1-4H2;;;/q;;;;+1;-1. The van der Waals surface area contributed by atoms with Crippen molar-refractivity contribution in [2.75, 3.05) is 20.3 Å². The molecule has 1 fully saturated rings. The summed E-state index contributed by atoms with van der Waals surface area (Å²) in [6.07, 6.45) is 2.56. The van der Waals surface area contributed by atoms with Crippen LogP contribution in [0.3, 0.4) is 0 Å². The molecule has 0 aromatic carbocycles. The number of carboxylic acid groups (broad SMARTS) is 1. The normalized spacial score (nSPS) is 15.2. The van der Waals surface area contributed by atoms with Crippen molar-refractivity contribution in [2.24, 2.45) is 33.0 Å². The van der Waals surface area contributed by atoms with Crippen molar-refractivity contribution in [3.05, 3.63) is 0 Å². The van der Waals surface area contributed by atoms with Crippen LogP contribution >= 0.6 is 0 Å². The molecule has 3 radical (unpaired) electrons. The Hall–Kier alpha value is -1.50. The molecule has 0 aromatic rings. The van der Waals surface area contributed by atoms with Crippen LogP contribution in [0.1, 0.15) is 125 Å². The number of amides is 2. The number of carboxylic acids is 1. The molecule has 11 heteroatoms. The minimum atomic E-state index is -1.49. The zero-order valence-electron chi connectivity index (χ0n) is 32.5. The van der Waals surface area contributed by atoms with Gasteiger partial charge in [0.1, 0.15) is 0 Å². The van der Waals surface area contributed by atoms with E-state index in [1.54, 1.807) is 41.5 Å². The number of rotatable bonds is 6. The second-order valence-corrected chi connectivity index (χ2v) is 15.9. The fourth-order valence-corrected chi connectivity index (χ4v) is 6.13. The predicted octanol–water partition coefficient (Wildman–Crippen LogP) is 2.97. The van der Waals surface area contributed by atoms with Crippen molar-refractivity contribution in [3.63, 3.8) is 0 Å². The van der Waals surface area contributed by atoms with Crippen molar-refractivity contribution in [3.8, 4) is 0 Å². The minimum Gasteiger partial charge on any atom is -1.00 e. The third kappa shape index (κ3) is 12.4. The fraction of sp³-hybridized carbons (Fsp3) is 0.879. The molecule has 1 atom stereocenters. The van der Waals surface area contributed by atoms with E-state index in [2.05, 4.69) is 10.6 Å². The summed E-state index contributed by atoms with van der Waals surface area (Å²) in [5.41, 5.74) is -5.06. The van der Waals surface area contributed by atoms with E-state index < -0.39 is 50.5 Å². The van der Waals surface area contributed by atoms with Crippen LogP contribution in [0.25, 0.3) is 0 Å². The number of esters is 1. The average molecular weight is 620 g/mol.